The molecule has 0 saturated heterocycles. The zero-order chi connectivity index (χ0) is 13.0. The highest BCUT2D eigenvalue weighted by Gasteiger charge is 1.93. The summed E-state index contributed by atoms with van der Waals surface area (Å²) in [7, 11) is -4.67. The molecule has 0 aromatic heterocycles. The van der Waals surface area contributed by atoms with E-state index in [1.54, 1.807) is 0 Å². The first kappa shape index (κ1) is 22.0. The molecule has 108 valence electrons. The fourth-order valence-electron chi connectivity index (χ4n) is 1.19. The van der Waals surface area contributed by atoms with Gasteiger partial charge in [-0.25, -0.2) is 0 Å². The van der Waals surface area contributed by atoms with E-state index in [1.807, 2.05) is 0 Å². The van der Waals surface area contributed by atoms with Gasteiger partial charge < -0.3 is 11.3 Å². The van der Waals surface area contributed by atoms with Gasteiger partial charge in [0.2, 0.25) is 0 Å². The third kappa shape index (κ3) is 49.5. The smallest absolute Gasteiger partial charge is 0.394 e. The third-order valence-corrected chi connectivity index (χ3v) is 1.94. The Morgan fingerprint density at radius 3 is 1.65 bits per heavy atom. The molecule has 0 bridgehead atoms. The van der Waals surface area contributed by atoms with Gasteiger partial charge in [0.05, 0.1) is 0 Å². The molecule has 0 rings (SSSR count). The molecule has 6 N–H and O–H groups in total. The predicted octanol–water partition coefficient (Wildman–Crippen LogP) is 2.48. The van der Waals surface area contributed by atoms with Crippen molar-refractivity contribution in [2.75, 3.05) is 6.61 Å². The molecule has 7 heteroatoms. The Bertz CT molecular complexity index is 221. The fraction of sp³-hybridized carbons (Fsp3) is 1.00. The van der Waals surface area contributed by atoms with E-state index in [-0.39, 0.29) is 6.15 Å². The second-order valence-corrected chi connectivity index (χ2v) is 5.02. The first-order valence-electron chi connectivity index (χ1n) is 5.58. The second-order valence-electron chi connectivity index (χ2n) is 4.12. The predicted molar refractivity (Wildman–Crippen MR) is 68.8 cm³/mol. The van der Waals surface area contributed by atoms with E-state index in [0.29, 0.717) is 6.61 Å². The van der Waals surface area contributed by atoms with Gasteiger partial charge in [-0.05, 0) is 12.3 Å². The van der Waals surface area contributed by atoms with E-state index in [1.165, 1.54) is 32.1 Å². The number of rotatable bonds is 7. The Labute approximate surface area is 105 Å². The topological polar surface area (TPSA) is 130 Å². The second kappa shape index (κ2) is 13.9. The normalized spacial score (nSPS) is 10.5. The Balaban J connectivity index is -0.000000280. The van der Waals surface area contributed by atoms with Crippen LogP contribution in [0.25, 0.3) is 0 Å². The van der Waals surface area contributed by atoms with Gasteiger partial charge in [-0.2, -0.15) is 8.42 Å². The lowest BCUT2D eigenvalue weighted by atomic mass is 10.0. The standard InChI is InChI=1S/C10H22O.H3N.H2O4S/c1-10(2)8-6-4-3-5-7-9-11;;1-5(2,3)4/h10-11H,3-9H2,1-2H3;1H3;(H2,1,2,3,4). The highest BCUT2D eigenvalue weighted by Crippen LogP contribution is 2.09. The third-order valence-electron chi connectivity index (χ3n) is 1.94. The van der Waals surface area contributed by atoms with Gasteiger partial charge in [0.1, 0.15) is 0 Å². The maximum Gasteiger partial charge on any atom is 0.394 e. The Morgan fingerprint density at radius 2 is 1.29 bits per heavy atom. The lowest BCUT2D eigenvalue weighted by molar-refractivity contribution is 0.282. The van der Waals surface area contributed by atoms with Crippen LogP contribution in [-0.2, 0) is 10.4 Å². The van der Waals surface area contributed by atoms with E-state index in [2.05, 4.69) is 13.8 Å². The highest BCUT2D eigenvalue weighted by atomic mass is 32.3. The maximum atomic E-state index is 8.74. The summed E-state index contributed by atoms with van der Waals surface area (Å²) in [5.41, 5.74) is 0. The van der Waals surface area contributed by atoms with Crippen molar-refractivity contribution in [3.63, 3.8) is 0 Å². The number of aliphatic hydroxyl groups excluding tert-OH is 1. The minimum atomic E-state index is -4.67. The van der Waals surface area contributed by atoms with Crippen molar-refractivity contribution in [3.05, 3.63) is 0 Å². The van der Waals surface area contributed by atoms with Crippen LogP contribution in [0.1, 0.15) is 52.4 Å². The molecule has 17 heavy (non-hydrogen) atoms. The van der Waals surface area contributed by atoms with Crippen LogP contribution in [0.15, 0.2) is 0 Å². The molecular weight excluding hydrogens is 246 g/mol. The van der Waals surface area contributed by atoms with E-state index in [0.717, 1.165) is 12.3 Å². The van der Waals surface area contributed by atoms with Crippen LogP contribution in [0.2, 0.25) is 0 Å². The van der Waals surface area contributed by atoms with Crippen molar-refractivity contribution in [2.24, 2.45) is 5.92 Å². The summed E-state index contributed by atoms with van der Waals surface area (Å²) >= 11 is 0. The highest BCUT2D eigenvalue weighted by molar-refractivity contribution is 7.79. The van der Waals surface area contributed by atoms with Gasteiger partial charge in [-0.1, -0.05) is 46.0 Å². The molecule has 0 spiro atoms. The fourth-order valence-corrected chi connectivity index (χ4v) is 1.19. The quantitative estimate of drug-likeness (QED) is 0.416. The first-order chi connectivity index (χ1) is 7.27. The van der Waals surface area contributed by atoms with Crippen molar-refractivity contribution in [3.8, 4) is 0 Å². The zero-order valence-electron chi connectivity index (χ0n) is 10.8. The Hall–Kier alpha value is -0.210. The molecule has 6 nitrogen and oxygen atoms in total. The van der Waals surface area contributed by atoms with Gasteiger partial charge >= 0.3 is 10.4 Å². The van der Waals surface area contributed by atoms with Crippen LogP contribution >= 0.6 is 0 Å². The molecule has 0 heterocycles. The summed E-state index contributed by atoms with van der Waals surface area (Å²) in [5, 5.41) is 8.51. The number of hydrogen-bond acceptors (Lipinski definition) is 4. The largest absolute Gasteiger partial charge is 0.396 e. The van der Waals surface area contributed by atoms with Crippen molar-refractivity contribution >= 4 is 10.4 Å². The Kier molecular flexibility index (Phi) is 17.9. The summed E-state index contributed by atoms with van der Waals surface area (Å²) in [6.07, 6.45) is 7.56. The minimum absolute atomic E-state index is 0. The molecule has 0 atom stereocenters. The van der Waals surface area contributed by atoms with Gasteiger partial charge in [0, 0.05) is 6.61 Å². The van der Waals surface area contributed by atoms with Gasteiger partial charge in [0.25, 0.3) is 0 Å². The van der Waals surface area contributed by atoms with Gasteiger partial charge in [0.15, 0.2) is 0 Å². The SMILES string of the molecule is CC(C)CCCCCCCO.N.O=S(=O)(O)O. The van der Waals surface area contributed by atoms with Crippen molar-refractivity contribution in [1.29, 1.82) is 0 Å². The lowest BCUT2D eigenvalue weighted by Gasteiger charge is -2.03. The number of unbranched alkanes of at least 4 members (excludes halogenated alkanes) is 4. The van der Waals surface area contributed by atoms with Crippen LogP contribution in [0.4, 0.5) is 0 Å². The molecule has 0 aliphatic carbocycles. The molecule has 0 saturated carbocycles. The molecule has 0 radical (unpaired) electrons. The molecule has 0 fully saturated rings. The van der Waals surface area contributed by atoms with Gasteiger partial charge in [-0.3, -0.25) is 9.11 Å². The van der Waals surface area contributed by atoms with Crippen LogP contribution in [-0.4, -0.2) is 29.2 Å². The van der Waals surface area contributed by atoms with Crippen LogP contribution in [0, 0.1) is 5.92 Å². The number of aliphatic hydroxyl groups is 1. The van der Waals surface area contributed by atoms with E-state index >= 15 is 0 Å². The summed E-state index contributed by atoms with van der Waals surface area (Å²) < 4.78 is 31.6. The van der Waals surface area contributed by atoms with Crippen LogP contribution in [0.5, 0.6) is 0 Å². The van der Waals surface area contributed by atoms with E-state index in [4.69, 9.17) is 22.6 Å². The molecule has 0 unspecified atom stereocenters. The molecule has 0 aliphatic heterocycles. The van der Waals surface area contributed by atoms with Crippen LogP contribution < -0.4 is 6.15 Å². The average Bonchev–Trinajstić information content (AvgIpc) is 2.08. The zero-order valence-corrected chi connectivity index (χ0v) is 11.6. The number of hydrogen-bond donors (Lipinski definition) is 4. The van der Waals surface area contributed by atoms with Crippen molar-refractivity contribution < 1.29 is 22.6 Å². The first-order valence-corrected chi connectivity index (χ1v) is 6.97. The molecule has 0 aromatic rings. The van der Waals surface area contributed by atoms with E-state index < -0.39 is 10.4 Å². The summed E-state index contributed by atoms with van der Waals surface area (Å²) in [5.74, 6) is 0.854. The monoisotopic (exact) mass is 273 g/mol. The van der Waals surface area contributed by atoms with Crippen LogP contribution in [0.3, 0.4) is 0 Å². The lowest BCUT2D eigenvalue weighted by Crippen LogP contribution is -1.89. The minimum Gasteiger partial charge on any atom is -0.396 e. The molecule has 0 aromatic carbocycles. The van der Waals surface area contributed by atoms with Crippen molar-refractivity contribution in [2.45, 2.75) is 52.4 Å². The molecular formula is C10H27NO5S. The molecule has 0 amide bonds. The summed E-state index contributed by atoms with van der Waals surface area (Å²) in [6, 6.07) is 0. The van der Waals surface area contributed by atoms with E-state index in [9.17, 15) is 0 Å². The maximum absolute atomic E-state index is 8.74. The Morgan fingerprint density at radius 1 is 0.941 bits per heavy atom. The van der Waals surface area contributed by atoms with Gasteiger partial charge in [-0.15, -0.1) is 0 Å². The summed E-state index contributed by atoms with van der Waals surface area (Å²) in [4.78, 5) is 0. The summed E-state index contributed by atoms with van der Waals surface area (Å²) in [6.45, 7) is 4.91. The van der Waals surface area contributed by atoms with Crippen molar-refractivity contribution in [1.82, 2.24) is 6.15 Å². The average molecular weight is 273 g/mol. The molecule has 0 aliphatic rings.